The highest BCUT2D eigenvalue weighted by Crippen LogP contribution is 2.30. The molecule has 0 spiro atoms. The van der Waals surface area contributed by atoms with Gasteiger partial charge in [-0.25, -0.2) is 9.59 Å². The van der Waals surface area contributed by atoms with Crippen LogP contribution in [0.3, 0.4) is 0 Å². The van der Waals surface area contributed by atoms with Gasteiger partial charge in [-0.05, 0) is 38.0 Å². The molecule has 6 heteroatoms. The standard InChI is InChI=1S/C15H26N2O4/c1-10-4-5-12(6-11(10)2)16-14(20)17-8-15(3,9-17)21-7-13(18)19/h10-12H,4-9H2,1-3H3,(H,16,20)(H,18,19). The molecule has 0 aromatic carbocycles. The summed E-state index contributed by atoms with van der Waals surface area (Å²) in [5.41, 5.74) is -0.524. The third kappa shape index (κ3) is 4.09. The van der Waals surface area contributed by atoms with Crippen molar-refractivity contribution in [3.05, 3.63) is 0 Å². The Hall–Kier alpha value is -1.30. The summed E-state index contributed by atoms with van der Waals surface area (Å²) in [7, 11) is 0. The van der Waals surface area contributed by atoms with E-state index in [1.807, 2.05) is 6.92 Å². The van der Waals surface area contributed by atoms with Gasteiger partial charge in [-0.1, -0.05) is 13.8 Å². The summed E-state index contributed by atoms with van der Waals surface area (Å²) in [6, 6.07) is 0.202. The van der Waals surface area contributed by atoms with Crippen LogP contribution in [0.4, 0.5) is 4.79 Å². The topological polar surface area (TPSA) is 78.9 Å². The maximum Gasteiger partial charge on any atom is 0.329 e. The number of carboxylic acid groups (broad SMARTS) is 1. The van der Waals surface area contributed by atoms with Gasteiger partial charge in [0, 0.05) is 6.04 Å². The van der Waals surface area contributed by atoms with Crippen LogP contribution in [-0.4, -0.2) is 53.3 Å². The molecule has 1 aliphatic carbocycles. The fourth-order valence-corrected chi connectivity index (χ4v) is 3.18. The molecule has 2 aliphatic rings. The molecule has 3 unspecified atom stereocenters. The molecule has 1 heterocycles. The zero-order chi connectivity index (χ0) is 15.6. The summed E-state index contributed by atoms with van der Waals surface area (Å²) in [5, 5.41) is 11.7. The molecule has 6 nitrogen and oxygen atoms in total. The number of nitrogens with one attached hydrogen (secondary N) is 1. The molecule has 1 aliphatic heterocycles. The van der Waals surface area contributed by atoms with Crippen LogP contribution < -0.4 is 5.32 Å². The van der Waals surface area contributed by atoms with Gasteiger partial charge >= 0.3 is 12.0 Å². The number of rotatable bonds is 4. The molecular formula is C15H26N2O4. The number of amides is 2. The van der Waals surface area contributed by atoms with Gasteiger partial charge in [0.25, 0.3) is 0 Å². The van der Waals surface area contributed by atoms with Crippen LogP contribution in [0, 0.1) is 11.8 Å². The van der Waals surface area contributed by atoms with Crippen LogP contribution in [-0.2, 0) is 9.53 Å². The van der Waals surface area contributed by atoms with Crippen LogP contribution in [0.5, 0.6) is 0 Å². The largest absolute Gasteiger partial charge is 0.480 e. The molecule has 2 N–H and O–H groups in total. The van der Waals surface area contributed by atoms with Crippen molar-refractivity contribution in [3.8, 4) is 0 Å². The highest BCUT2D eigenvalue weighted by molar-refractivity contribution is 5.76. The fourth-order valence-electron chi connectivity index (χ4n) is 3.18. The number of nitrogens with zero attached hydrogens (tertiary/aromatic N) is 1. The van der Waals surface area contributed by atoms with Crippen molar-refractivity contribution in [2.45, 2.75) is 51.7 Å². The van der Waals surface area contributed by atoms with E-state index < -0.39 is 11.6 Å². The lowest BCUT2D eigenvalue weighted by molar-refractivity contribution is -0.159. The quantitative estimate of drug-likeness (QED) is 0.828. The van der Waals surface area contributed by atoms with E-state index in [1.54, 1.807) is 4.90 Å². The summed E-state index contributed by atoms with van der Waals surface area (Å²) >= 11 is 0. The number of hydrogen-bond acceptors (Lipinski definition) is 3. The monoisotopic (exact) mass is 298 g/mol. The summed E-state index contributed by atoms with van der Waals surface area (Å²) < 4.78 is 5.31. The van der Waals surface area contributed by atoms with Crippen LogP contribution in [0.2, 0.25) is 0 Å². The van der Waals surface area contributed by atoms with Crippen molar-refractivity contribution >= 4 is 12.0 Å². The second-order valence-corrected chi connectivity index (χ2v) is 6.90. The van der Waals surface area contributed by atoms with Gasteiger partial charge in [-0.15, -0.1) is 0 Å². The normalized spacial score (nSPS) is 31.4. The van der Waals surface area contributed by atoms with E-state index in [1.165, 1.54) is 0 Å². The second-order valence-electron chi connectivity index (χ2n) is 6.90. The Kier molecular flexibility index (Phi) is 4.76. The number of urea groups is 1. The number of carbonyl (C=O) groups excluding carboxylic acids is 1. The highest BCUT2D eigenvalue weighted by atomic mass is 16.5. The van der Waals surface area contributed by atoms with Crippen LogP contribution in [0.1, 0.15) is 40.0 Å². The first-order valence-electron chi connectivity index (χ1n) is 7.70. The van der Waals surface area contributed by atoms with Crippen molar-refractivity contribution < 1.29 is 19.4 Å². The molecule has 2 rings (SSSR count). The fraction of sp³-hybridized carbons (Fsp3) is 0.867. The SMILES string of the molecule is CC1CCC(NC(=O)N2CC(C)(OCC(=O)O)C2)CC1C. The molecule has 3 atom stereocenters. The van der Waals surface area contributed by atoms with Gasteiger partial charge in [0.15, 0.2) is 0 Å². The number of hydrogen-bond donors (Lipinski definition) is 2. The Balaban J connectivity index is 1.72. The van der Waals surface area contributed by atoms with Crippen LogP contribution in [0.25, 0.3) is 0 Å². The molecule has 2 fully saturated rings. The Morgan fingerprint density at radius 1 is 1.29 bits per heavy atom. The van der Waals surface area contributed by atoms with E-state index in [0.717, 1.165) is 25.2 Å². The van der Waals surface area contributed by atoms with Gasteiger partial charge in [0.2, 0.25) is 0 Å². The molecule has 120 valence electrons. The lowest BCUT2D eigenvalue weighted by atomic mass is 9.79. The van der Waals surface area contributed by atoms with Crippen molar-refractivity contribution in [2.75, 3.05) is 19.7 Å². The highest BCUT2D eigenvalue weighted by Gasteiger charge is 2.43. The van der Waals surface area contributed by atoms with Crippen molar-refractivity contribution in [2.24, 2.45) is 11.8 Å². The predicted octanol–water partition coefficient (Wildman–Crippen LogP) is 1.70. The number of likely N-dealkylation sites (tertiary alicyclic amines) is 1. The average molecular weight is 298 g/mol. The minimum Gasteiger partial charge on any atom is -0.480 e. The zero-order valence-electron chi connectivity index (χ0n) is 13.1. The third-order valence-corrected chi connectivity index (χ3v) is 4.81. The van der Waals surface area contributed by atoms with Crippen molar-refractivity contribution in [1.82, 2.24) is 10.2 Å². The van der Waals surface area contributed by atoms with Crippen molar-refractivity contribution in [1.29, 1.82) is 0 Å². The number of carbonyl (C=O) groups is 2. The summed E-state index contributed by atoms with van der Waals surface area (Å²) in [6.45, 7) is 6.93. The first kappa shape index (κ1) is 16.1. The lowest BCUT2D eigenvalue weighted by Crippen LogP contribution is -2.66. The molecule has 21 heavy (non-hydrogen) atoms. The summed E-state index contributed by atoms with van der Waals surface area (Å²) in [4.78, 5) is 24.3. The molecule has 0 radical (unpaired) electrons. The Bertz CT molecular complexity index is 406. The van der Waals surface area contributed by atoms with Crippen LogP contribution >= 0.6 is 0 Å². The van der Waals surface area contributed by atoms with E-state index in [0.29, 0.717) is 19.0 Å². The van der Waals surface area contributed by atoms with Crippen LogP contribution in [0.15, 0.2) is 0 Å². The maximum atomic E-state index is 12.2. The number of ether oxygens (including phenoxy) is 1. The zero-order valence-corrected chi connectivity index (χ0v) is 13.1. The van der Waals surface area contributed by atoms with Crippen molar-refractivity contribution in [3.63, 3.8) is 0 Å². The third-order valence-electron chi connectivity index (χ3n) is 4.81. The Morgan fingerprint density at radius 2 is 1.95 bits per heavy atom. The number of carboxylic acids is 1. The van der Waals surface area contributed by atoms with E-state index in [9.17, 15) is 9.59 Å². The molecule has 2 amide bonds. The lowest BCUT2D eigenvalue weighted by Gasteiger charge is -2.47. The Morgan fingerprint density at radius 3 is 2.52 bits per heavy atom. The van der Waals surface area contributed by atoms with Gasteiger partial charge in [-0.2, -0.15) is 0 Å². The molecule has 1 saturated heterocycles. The maximum absolute atomic E-state index is 12.2. The van der Waals surface area contributed by atoms with Gasteiger partial charge in [0.1, 0.15) is 12.2 Å². The van der Waals surface area contributed by atoms with E-state index in [2.05, 4.69) is 19.2 Å². The summed E-state index contributed by atoms with van der Waals surface area (Å²) in [6.07, 6.45) is 3.23. The van der Waals surface area contributed by atoms with Gasteiger partial charge in [-0.3, -0.25) is 0 Å². The molecule has 0 bridgehead atoms. The molecule has 0 aromatic heterocycles. The van der Waals surface area contributed by atoms with Gasteiger partial charge < -0.3 is 20.1 Å². The van der Waals surface area contributed by atoms with E-state index in [4.69, 9.17) is 9.84 Å². The van der Waals surface area contributed by atoms with E-state index in [-0.39, 0.29) is 18.7 Å². The van der Waals surface area contributed by atoms with Gasteiger partial charge in [0.05, 0.1) is 13.1 Å². The first-order chi connectivity index (χ1) is 9.79. The second kappa shape index (κ2) is 6.22. The molecule has 0 aromatic rings. The Labute approximate surface area is 125 Å². The molecular weight excluding hydrogens is 272 g/mol. The minimum atomic E-state index is -0.982. The smallest absolute Gasteiger partial charge is 0.329 e. The van der Waals surface area contributed by atoms with E-state index >= 15 is 0 Å². The molecule has 1 saturated carbocycles. The first-order valence-corrected chi connectivity index (χ1v) is 7.70. The predicted molar refractivity (Wildman–Crippen MR) is 78.1 cm³/mol. The number of aliphatic carboxylic acids is 1. The average Bonchev–Trinajstić information content (AvgIpc) is 2.37. The minimum absolute atomic E-state index is 0.0573. The summed E-state index contributed by atoms with van der Waals surface area (Å²) in [5.74, 6) is 0.393.